The van der Waals surface area contributed by atoms with Crippen LogP contribution in [0.5, 0.6) is 0 Å². The van der Waals surface area contributed by atoms with Gasteiger partial charge in [-0.2, -0.15) is 0 Å². The van der Waals surface area contributed by atoms with E-state index in [1.165, 1.54) is 0 Å². The summed E-state index contributed by atoms with van der Waals surface area (Å²) in [5.74, 6) is 0. The Balaban J connectivity index is 2.37. The van der Waals surface area contributed by atoms with Crippen LogP contribution in [-0.4, -0.2) is 18.3 Å². The van der Waals surface area contributed by atoms with Crippen LogP contribution in [0, 0.1) is 0 Å². The number of rotatable bonds is 4. The zero-order valence-corrected chi connectivity index (χ0v) is 6.75. The smallest absolute Gasteiger partial charge is 0.0574 e. The molecule has 5 N–H and O–H groups in total. The van der Waals surface area contributed by atoms with Gasteiger partial charge >= 0.3 is 0 Å². The quantitative estimate of drug-likeness (QED) is 0.293. The highest BCUT2D eigenvalue weighted by Crippen LogP contribution is 2.08. The molecule has 66 valence electrons. The van der Waals surface area contributed by atoms with Gasteiger partial charge in [0.2, 0.25) is 0 Å². The molecule has 0 aliphatic heterocycles. The fraction of sp³-hybridized carbons (Fsp3) is 0.250. The maximum Gasteiger partial charge on any atom is 0.0574 e. The number of benzene rings is 1. The van der Waals surface area contributed by atoms with Crippen molar-refractivity contribution in [3.05, 3.63) is 24.3 Å². The number of nitrogen functional groups attached to an aromatic ring is 1. The molecule has 0 aliphatic rings. The molecule has 0 aromatic heterocycles. The van der Waals surface area contributed by atoms with Crippen molar-refractivity contribution in [2.45, 2.75) is 0 Å². The minimum atomic E-state index is 0.113. The van der Waals surface area contributed by atoms with Crippen LogP contribution in [0.1, 0.15) is 0 Å². The number of aliphatic hydroxyl groups is 1. The van der Waals surface area contributed by atoms with Crippen molar-refractivity contribution >= 4 is 11.4 Å². The lowest BCUT2D eigenvalue weighted by atomic mass is 10.3. The summed E-state index contributed by atoms with van der Waals surface area (Å²) in [5, 5.41) is 8.47. The number of anilines is 2. The van der Waals surface area contributed by atoms with Gasteiger partial charge in [-0.05, 0) is 24.3 Å². The van der Waals surface area contributed by atoms with Crippen LogP contribution in [0.2, 0.25) is 0 Å². The molecule has 0 fully saturated rings. The van der Waals surface area contributed by atoms with Gasteiger partial charge in [0.1, 0.15) is 0 Å². The van der Waals surface area contributed by atoms with Gasteiger partial charge in [0.15, 0.2) is 0 Å². The van der Waals surface area contributed by atoms with Gasteiger partial charge in [0.05, 0.1) is 6.61 Å². The first-order chi connectivity index (χ1) is 5.83. The number of hydrogen-bond acceptors (Lipinski definition) is 4. The van der Waals surface area contributed by atoms with Crippen molar-refractivity contribution < 1.29 is 5.11 Å². The van der Waals surface area contributed by atoms with Crippen molar-refractivity contribution in [1.82, 2.24) is 5.43 Å². The molecule has 0 aliphatic carbocycles. The van der Waals surface area contributed by atoms with E-state index in [-0.39, 0.29) is 6.61 Å². The molecule has 0 radical (unpaired) electrons. The number of aliphatic hydroxyl groups excluding tert-OH is 1. The van der Waals surface area contributed by atoms with Crippen molar-refractivity contribution in [2.24, 2.45) is 0 Å². The SMILES string of the molecule is Nc1ccc(NNCCO)cc1. The Bertz CT molecular complexity index is 222. The maximum atomic E-state index is 8.47. The second-order valence-corrected chi connectivity index (χ2v) is 2.40. The third-order valence-corrected chi connectivity index (χ3v) is 1.38. The van der Waals surface area contributed by atoms with Gasteiger partial charge in [-0.1, -0.05) is 0 Å². The number of hydrazine groups is 1. The standard InChI is InChI=1S/C8H13N3O/c9-7-1-3-8(4-2-7)11-10-5-6-12/h1-4,10-12H,5-6,9H2. The van der Waals surface area contributed by atoms with E-state index in [2.05, 4.69) is 10.9 Å². The molecule has 1 rings (SSSR count). The molecule has 1 aromatic rings. The molecule has 0 atom stereocenters. The Labute approximate surface area is 71.4 Å². The molecule has 0 saturated heterocycles. The molecule has 0 saturated carbocycles. The molecular weight excluding hydrogens is 154 g/mol. The van der Waals surface area contributed by atoms with Crippen LogP contribution in [-0.2, 0) is 0 Å². The molecule has 4 heteroatoms. The first-order valence-corrected chi connectivity index (χ1v) is 3.78. The molecule has 0 amide bonds. The van der Waals surface area contributed by atoms with E-state index in [0.717, 1.165) is 11.4 Å². The third-order valence-electron chi connectivity index (χ3n) is 1.38. The van der Waals surface area contributed by atoms with E-state index in [4.69, 9.17) is 10.8 Å². The summed E-state index contributed by atoms with van der Waals surface area (Å²) < 4.78 is 0. The topological polar surface area (TPSA) is 70.3 Å². The van der Waals surface area contributed by atoms with Crippen LogP contribution < -0.4 is 16.6 Å². The van der Waals surface area contributed by atoms with Gasteiger partial charge in [-0.25, -0.2) is 5.43 Å². The number of nitrogens with two attached hydrogens (primary N) is 1. The lowest BCUT2D eigenvalue weighted by Crippen LogP contribution is -2.24. The second-order valence-electron chi connectivity index (χ2n) is 2.40. The number of hydrogen-bond donors (Lipinski definition) is 4. The molecule has 1 aromatic carbocycles. The summed E-state index contributed by atoms with van der Waals surface area (Å²) in [4.78, 5) is 0. The van der Waals surface area contributed by atoms with Gasteiger partial charge < -0.3 is 16.3 Å². The normalized spacial score (nSPS) is 9.75. The largest absolute Gasteiger partial charge is 0.399 e. The van der Waals surface area contributed by atoms with Crippen LogP contribution in [0.3, 0.4) is 0 Å². The minimum Gasteiger partial charge on any atom is -0.399 e. The van der Waals surface area contributed by atoms with E-state index in [1.54, 1.807) is 0 Å². The Kier molecular flexibility index (Phi) is 3.37. The van der Waals surface area contributed by atoms with Crippen molar-refractivity contribution in [1.29, 1.82) is 0 Å². The Morgan fingerprint density at radius 2 is 1.92 bits per heavy atom. The van der Waals surface area contributed by atoms with Crippen molar-refractivity contribution in [3.8, 4) is 0 Å². The zero-order valence-electron chi connectivity index (χ0n) is 6.75. The van der Waals surface area contributed by atoms with Crippen LogP contribution in [0.15, 0.2) is 24.3 Å². The lowest BCUT2D eigenvalue weighted by Gasteiger charge is -2.06. The average Bonchev–Trinajstić information content (AvgIpc) is 2.09. The summed E-state index contributed by atoms with van der Waals surface area (Å²) >= 11 is 0. The molecular formula is C8H13N3O. The van der Waals surface area contributed by atoms with Gasteiger partial charge in [0.25, 0.3) is 0 Å². The summed E-state index contributed by atoms with van der Waals surface area (Å²) in [7, 11) is 0. The number of nitrogens with one attached hydrogen (secondary N) is 2. The minimum absolute atomic E-state index is 0.113. The van der Waals surface area contributed by atoms with E-state index in [1.807, 2.05) is 24.3 Å². The van der Waals surface area contributed by atoms with Crippen molar-refractivity contribution in [2.75, 3.05) is 24.3 Å². The second kappa shape index (κ2) is 4.58. The average molecular weight is 167 g/mol. The van der Waals surface area contributed by atoms with Gasteiger partial charge in [0, 0.05) is 17.9 Å². The first-order valence-electron chi connectivity index (χ1n) is 3.78. The predicted molar refractivity (Wildman–Crippen MR) is 49.6 cm³/mol. The van der Waals surface area contributed by atoms with E-state index < -0.39 is 0 Å². The Morgan fingerprint density at radius 3 is 2.50 bits per heavy atom. The molecule has 0 spiro atoms. The van der Waals surface area contributed by atoms with Gasteiger partial charge in [-0.15, -0.1) is 0 Å². The van der Waals surface area contributed by atoms with Crippen LogP contribution in [0.4, 0.5) is 11.4 Å². The highest BCUT2D eigenvalue weighted by Gasteiger charge is 1.88. The van der Waals surface area contributed by atoms with E-state index >= 15 is 0 Å². The summed E-state index contributed by atoms with van der Waals surface area (Å²) in [5.41, 5.74) is 12.9. The molecule has 0 unspecified atom stereocenters. The highest BCUT2D eigenvalue weighted by atomic mass is 16.3. The highest BCUT2D eigenvalue weighted by molar-refractivity contribution is 5.50. The van der Waals surface area contributed by atoms with Crippen molar-refractivity contribution in [3.63, 3.8) is 0 Å². The van der Waals surface area contributed by atoms with E-state index in [9.17, 15) is 0 Å². The molecule has 0 heterocycles. The predicted octanol–water partition coefficient (Wildman–Crippen LogP) is 0.178. The third kappa shape index (κ3) is 2.77. The lowest BCUT2D eigenvalue weighted by molar-refractivity contribution is 0.296. The zero-order chi connectivity index (χ0) is 8.81. The van der Waals surface area contributed by atoms with Crippen LogP contribution >= 0.6 is 0 Å². The van der Waals surface area contributed by atoms with E-state index in [0.29, 0.717) is 6.54 Å². The van der Waals surface area contributed by atoms with Crippen LogP contribution in [0.25, 0.3) is 0 Å². The molecule has 0 bridgehead atoms. The Hall–Kier alpha value is -1.26. The first kappa shape index (κ1) is 8.83. The summed E-state index contributed by atoms with van der Waals surface area (Å²) in [6.45, 7) is 0.631. The summed E-state index contributed by atoms with van der Waals surface area (Å²) in [6, 6.07) is 7.34. The monoisotopic (exact) mass is 167 g/mol. The van der Waals surface area contributed by atoms with Gasteiger partial charge in [-0.3, -0.25) is 0 Å². The maximum absolute atomic E-state index is 8.47. The summed E-state index contributed by atoms with van der Waals surface area (Å²) in [6.07, 6.45) is 0. The fourth-order valence-electron chi connectivity index (χ4n) is 0.787. The fourth-order valence-corrected chi connectivity index (χ4v) is 0.787. The molecule has 4 nitrogen and oxygen atoms in total. The Morgan fingerprint density at radius 1 is 1.25 bits per heavy atom. The molecule has 12 heavy (non-hydrogen) atoms.